The highest BCUT2D eigenvalue weighted by Gasteiger charge is 2.23. The zero-order valence-corrected chi connectivity index (χ0v) is 10.8. The molecular formula is C11H20O3S. The molecule has 88 valence electrons. The van der Waals surface area contributed by atoms with E-state index in [9.17, 15) is 9.59 Å². The van der Waals surface area contributed by atoms with Gasteiger partial charge in [0.05, 0.1) is 7.11 Å². The third kappa shape index (κ3) is 7.42. The van der Waals surface area contributed by atoms with Gasteiger partial charge in [0.25, 0.3) is 0 Å². The summed E-state index contributed by atoms with van der Waals surface area (Å²) in [6.07, 6.45) is 2.51. The second-order valence-corrected chi connectivity index (χ2v) is 5.82. The number of carbonyl (C=O) groups is 2. The van der Waals surface area contributed by atoms with Gasteiger partial charge in [-0.3, -0.25) is 9.59 Å². The fraction of sp³-hybridized carbons (Fsp3) is 0.818. The summed E-state index contributed by atoms with van der Waals surface area (Å²) in [6, 6.07) is 0. The molecule has 0 radical (unpaired) electrons. The van der Waals surface area contributed by atoms with Gasteiger partial charge >= 0.3 is 5.97 Å². The highest BCUT2D eigenvalue weighted by atomic mass is 32.2. The second-order valence-electron chi connectivity index (χ2n) is 4.06. The first-order chi connectivity index (χ1) is 6.91. The molecule has 0 aliphatic rings. The van der Waals surface area contributed by atoms with Gasteiger partial charge in [0.1, 0.15) is 0 Å². The number of esters is 1. The van der Waals surface area contributed by atoms with Crippen molar-refractivity contribution in [3.63, 3.8) is 0 Å². The molecular weight excluding hydrogens is 212 g/mol. The van der Waals surface area contributed by atoms with E-state index in [1.165, 1.54) is 18.9 Å². The number of hydrogen-bond acceptors (Lipinski definition) is 4. The summed E-state index contributed by atoms with van der Waals surface area (Å²) < 4.78 is 4.38. The summed E-state index contributed by atoms with van der Waals surface area (Å²) in [5.41, 5.74) is 0. The lowest BCUT2D eigenvalue weighted by atomic mass is 10.1. The number of ether oxygens (including phenoxy) is 1. The summed E-state index contributed by atoms with van der Waals surface area (Å²) >= 11 is 1.33. The van der Waals surface area contributed by atoms with Crippen LogP contribution in [0.4, 0.5) is 0 Å². The van der Waals surface area contributed by atoms with Crippen LogP contribution in [-0.2, 0) is 14.3 Å². The lowest BCUT2D eigenvalue weighted by Crippen LogP contribution is -2.19. The summed E-state index contributed by atoms with van der Waals surface area (Å²) in [5.74, 6) is -0.216. The molecule has 0 aliphatic heterocycles. The summed E-state index contributed by atoms with van der Waals surface area (Å²) in [6.45, 7) is 5.95. The van der Waals surface area contributed by atoms with Crippen molar-refractivity contribution in [2.75, 3.05) is 7.11 Å². The molecule has 0 N–H and O–H groups in total. The molecule has 0 unspecified atom stereocenters. The molecule has 0 aromatic carbocycles. The van der Waals surface area contributed by atoms with Crippen molar-refractivity contribution in [2.45, 2.75) is 51.2 Å². The predicted octanol–water partition coefficient (Wildman–Crippen LogP) is 2.78. The van der Waals surface area contributed by atoms with Crippen LogP contribution in [0.5, 0.6) is 0 Å². The van der Waals surface area contributed by atoms with E-state index in [0.29, 0.717) is 19.3 Å². The molecule has 0 bridgehead atoms. The number of thioether (sulfide) groups is 1. The van der Waals surface area contributed by atoms with Crippen LogP contribution in [0.1, 0.15) is 46.5 Å². The Morgan fingerprint density at radius 1 is 1.27 bits per heavy atom. The SMILES string of the molecule is CCCC(=O)SC(C)(C)CCC(=O)OC. The van der Waals surface area contributed by atoms with Crippen molar-refractivity contribution in [1.82, 2.24) is 0 Å². The first-order valence-corrected chi connectivity index (χ1v) is 6.01. The Bertz CT molecular complexity index is 224. The molecule has 0 atom stereocenters. The van der Waals surface area contributed by atoms with Crippen molar-refractivity contribution >= 4 is 22.8 Å². The van der Waals surface area contributed by atoms with Crippen LogP contribution in [-0.4, -0.2) is 22.9 Å². The Morgan fingerprint density at radius 3 is 2.33 bits per heavy atom. The van der Waals surface area contributed by atoms with Crippen molar-refractivity contribution in [3.05, 3.63) is 0 Å². The predicted molar refractivity (Wildman–Crippen MR) is 62.8 cm³/mol. The van der Waals surface area contributed by atoms with Crippen LogP contribution < -0.4 is 0 Å². The monoisotopic (exact) mass is 232 g/mol. The molecule has 0 saturated carbocycles. The molecule has 0 saturated heterocycles. The van der Waals surface area contributed by atoms with Gasteiger partial charge < -0.3 is 4.74 Å². The van der Waals surface area contributed by atoms with Gasteiger partial charge in [0, 0.05) is 17.6 Å². The Morgan fingerprint density at radius 2 is 1.87 bits per heavy atom. The largest absolute Gasteiger partial charge is 0.469 e. The van der Waals surface area contributed by atoms with Gasteiger partial charge in [-0.25, -0.2) is 0 Å². The fourth-order valence-electron chi connectivity index (χ4n) is 1.12. The van der Waals surface area contributed by atoms with E-state index in [0.717, 1.165) is 6.42 Å². The van der Waals surface area contributed by atoms with Crippen molar-refractivity contribution < 1.29 is 14.3 Å². The van der Waals surface area contributed by atoms with Crippen LogP contribution in [0.15, 0.2) is 0 Å². The molecule has 4 heteroatoms. The third-order valence-corrected chi connectivity index (χ3v) is 3.19. The van der Waals surface area contributed by atoms with Gasteiger partial charge in [-0.15, -0.1) is 0 Å². The molecule has 0 fully saturated rings. The minimum atomic E-state index is -0.216. The maximum atomic E-state index is 11.4. The van der Waals surface area contributed by atoms with Gasteiger partial charge in [-0.05, 0) is 12.8 Å². The van der Waals surface area contributed by atoms with Crippen molar-refractivity contribution in [1.29, 1.82) is 0 Å². The Balaban J connectivity index is 3.95. The quantitative estimate of drug-likeness (QED) is 0.660. The number of methoxy groups -OCH3 is 1. The third-order valence-electron chi connectivity index (χ3n) is 2.00. The normalized spacial score (nSPS) is 11.2. The van der Waals surface area contributed by atoms with Gasteiger partial charge in [0.15, 0.2) is 5.12 Å². The van der Waals surface area contributed by atoms with E-state index >= 15 is 0 Å². The lowest BCUT2D eigenvalue weighted by molar-refractivity contribution is -0.140. The Labute approximate surface area is 95.9 Å². The lowest BCUT2D eigenvalue weighted by Gasteiger charge is -2.22. The van der Waals surface area contributed by atoms with E-state index in [-0.39, 0.29) is 15.8 Å². The zero-order valence-electron chi connectivity index (χ0n) is 9.96. The molecule has 0 aliphatic carbocycles. The summed E-state index contributed by atoms with van der Waals surface area (Å²) in [5, 5.41) is 0.201. The van der Waals surface area contributed by atoms with Crippen molar-refractivity contribution in [2.24, 2.45) is 0 Å². The first-order valence-electron chi connectivity index (χ1n) is 5.20. The van der Waals surface area contributed by atoms with E-state index in [1.807, 2.05) is 20.8 Å². The smallest absolute Gasteiger partial charge is 0.305 e. The van der Waals surface area contributed by atoms with Crippen molar-refractivity contribution in [3.8, 4) is 0 Å². The fourth-order valence-corrected chi connectivity index (χ4v) is 2.25. The van der Waals surface area contributed by atoms with Gasteiger partial charge in [-0.1, -0.05) is 32.5 Å². The Kier molecular flexibility index (Phi) is 6.65. The van der Waals surface area contributed by atoms with Gasteiger partial charge in [0.2, 0.25) is 0 Å². The summed E-state index contributed by atoms with van der Waals surface area (Å²) in [4.78, 5) is 22.4. The van der Waals surface area contributed by atoms with E-state index in [2.05, 4.69) is 4.74 Å². The minimum Gasteiger partial charge on any atom is -0.469 e. The molecule has 0 spiro atoms. The van der Waals surface area contributed by atoms with Crippen LogP contribution in [0.2, 0.25) is 0 Å². The minimum absolute atomic E-state index is 0.180. The molecule has 3 nitrogen and oxygen atoms in total. The average Bonchev–Trinajstić information content (AvgIpc) is 2.13. The van der Waals surface area contributed by atoms with E-state index in [1.54, 1.807) is 0 Å². The van der Waals surface area contributed by atoms with Crippen LogP contribution in [0, 0.1) is 0 Å². The standard InChI is InChI=1S/C11H20O3S/c1-5-6-10(13)15-11(2,3)8-7-9(12)14-4/h5-8H2,1-4H3. The Hall–Kier alpha value is -0.510. The van der Waals surface area contributed by atoms with Crippen LogP contribution in [0.25, 0.3) is 0 Å². The molecule has 0 aromatic heterocycles. The second kappa shape index (κ2) is 6.88. The number of rotatable bonds is 6. The molecule has 0 heterocycles. The highest BCUT2D eigenvalue weighted by Crippen LogP contribution is 2.31. The maximum Gasteiger partial charge on any atom is 0.305 e. The topological polar surface area (TPSA) is 43.4 Å². The molecule has 15 heavy (non-hydrogen) atoms. The number of carbonyl (C=O) groups excluding carboxylic acids is 2. The first kappa shape index (κ1) is 14.5. The zero-order chi connectivity index (χ0) is 11.9. The van der Waals surface area contributed by atoms with Crippen LogP contribution >= 0.6 is 11.8 Å². The average molecular weight is 232 g/mol. The van der Waals surface area contributed by atoms with E-state index < -0.39 is 0 Å². The molecule has 0 amide bonds. The van der Waals surface area contributed by atoms with Crippen LogP contribution in [0.3, 0.4) is 0 Å². The summed E-state index contributed by atoms with van der Waals surface area (Å²) in [7, 11) is 1.38. The molecule has 0 aromatic rings. The maximum absolute atomic E-state index is 11.4. The van der Waals surface area contributed by atoms with E-state index in [4.69, 9.17) is 0 Å². The van der Waals surface area contributed by atoms with Gasteiger partial charge in [-0.2, -0.15) is 0 Å². The highest BCUT2D eigenvalue weighted by molar-refractivity contribution is 8.14. The molecule has 0 rings (SSSR count). The number of hydrogen-bond donors (Lipinski definition) is 0.